The van der Waals surface area contributed by atoms with Gasteiger partial charge in [0.25, 0.3) is 5.91 Å². The second-order valence-electron chi connectivity index (χ2n) is 5.07. The number of benzene rings is 1. The molecule has 3 amide bonds. The zero-order valence-electron chi connectivity index (χ0n) is 12.2. The number of hydrogen-bond donors (Lipinski definition) is 3. The normalized spacial score (nSPS) is 12.3. The minimum Gasteiger partial charge on any atom is -0.496 e. The van der Waals surface area contributed by atoms with E-state index in [1.165, 1.54) is 11.3 Å². The molecule has 0 aliphatic heterocycles. The maximum absolute atomic E-state index is 11.8. The van der Waals surface area contributed by atoms with Gasteiger partial charge in [0.15, 0.2) is 0 Å². The number of ether oxygens (including phenoxy) is 1. The monoisotopic (exact) mass is 351 g/mol. The molecular formula is C15H14ClN3O3S. The van der Waals surface area contributed by atoms with E-state index >= 15 is 0 Å². The lowest BCUT2D eigenvalue weighted by atomic mass is 9.88. The van der Waals surface area contributed by atoms with Crippen LogP contribution in [0, 0.1) is 0 Å². The van der Waals surface area contributed by atoms with Crippen LogP contribution < -0.4 is 21.5 Å². The number of nitrogens with two attached hydrogens (primary N) is 2. The summed E-state index contributed by atoms with van der Waals surface area (Å²) in [4.78, 5) is 23.9. The van der Waals surface area contributed by atoms with Crippen LogP contribution in [0.4, 0.5) is 9.80 Å². The summed E-state index contributed by atoms with van der Waals surface area (Å²) in [6, 6.07) is 2.82. The molecule has 1 aromatic carbocycles. The maximum Gasteiger partial charge on any atom is 0.317 e. The number of urea groups is 1. The van der Waals surface area contributed by atoms with Crippen molar-refractivity contribution in [1.82, 2.24) is 0 Å². The Labute approximate surface area is 141 Å². The van der Waals surface area contributed by atoms with Crippen molar-refractivity contribution < 1.29 is 14.3 Å². The third kappa shape index (κ3) is 2.51. The van der Waals surface area contributed by atoms with E-state index in [1.807, 2.05) is 0 Å². The van der Waals surface area contributed by atoms with Crippen molar-refractivity contribution in [3.8, 4) is 16.2 Å². The minimum atomic E-state index is -0.746. The third-order valence-electron chi connectivity index (χ3n) is 3.78. The first-order valence-electron chi connectivity index (χ1n) is 6.81. The minimum absolute atomic E-state index is 0.302. The van der Waals surface area contributed by atoms with Gasteiger partial charge in [0, 0.05) is 15.5 Å². The predicted octanol–water partition coefficient (Wildman–Crippen LogP) is 2.77. The molecule has 0 radical (unpaired) electrons. The van der Waals surface area contributed by atoms with Crippen LogP contribution >= 0.6 is 22.9 Å². The number of fused-ring (bicyclic) bond motifs is 3. The van der Waals surface area contributed by atoms with Crippen LogP contribution in [0.25, 0.3) is 10.4 Å². The summed E-state index contributed by atoms with van der Waals surface area (Å²) in [5, 5.41) is 3.47. The highest BCUT2D eigenvalue weighted by Gasteiger charge is 2.30. The van der Waals surface area contributed by atoms with Crippen LogP contribution in [0.3, 0.4) is 0 Å². The maximum atomic E-state index is 11.8. The number of nitrogens with one attached hydrogen (secondary N) is 1. The molecular weight excluding hydrogens is 338 g/mol. The predicted molar refractivity (Wildman–Crippen MR) is 90.4 cm³/mol. The molecule has 0 saturated heterocycles. The molecule has 1 heterocycles. The van der Waals surface area contributed by atoms with Crippen molar-refractivity contribution in [2.75, 3.05) is 12.4 Å². The van der Waals surface area contributed by atoms with Crippen LogP contribution in [0.1, 0.15) is 21.5 Å². The van der Waals surface area contributed by atoms with Crippen molar-refractivity contribution in [2.45, 2.75) is 12.8 Å². The molecule has 3 rings (SSSR count). The van der Waals surface area contributed by atoms with E-state index in [0.29, 0.717) is 34.2 Å². The molecule has 0 atom stereocenters. The van der Waals surface area contributed by atoms with E-state index in [4.69, 9.17) is 27.8 Å². The summed E-state index contributed by atoms with van der Waals surface area (Å²) in [6.07, 6.45) is 1.26. The van der Waals surface area contributed by atoms with Crippen LogP contribution in [0.5, 0.6) is 5.75 Å². The van der Waals surface area contributed by atoms with Gasteiger partial charge in [0.1, 0.15) is 10.8 Å². The quantitative estimate of drug-likeness (QED) is 0.791. The summed E-state index contributed by atoms with van der Waals surface area (Å²) in [5.41, 5.74) is 13.6. The molecule has 1 aliphatic carbocycles. The smallest absolute Gasteiger partial charge is 0.317 e. The second kappa shape index (κ2) is 5.75. The van der Waals surface area contributed by atoms with Gasteiger partial charge in [-0.1, -0.05) is 11.6 Å². The summed E-state index contributed by atoms with van der Waals surface area (Å²) in [7, 11) is 1.57. The Morgan fingerprint density at radius 3 is 2.57 bits per heavy atom. The van der Waals surface area contributed by atoms with E-state index in [-0.39, 0.29) is 0 Å². The Hall–Kier alpha value is -2.25. The van der Waals surface area contributed by atoms with E-state index in [1.54, 1.807) is 19.2 Å². The summed E-state index contributed by atoms with van der Waals surface area (Å²) in [5.74, 6) is 0.0592. The van der Waals surface area contributed by atoms with Crippen molar-refractivity contribution in [3.63, 3.8) is 0 Å². The van der Waals surface area contributed by atoms with Gasteiger partial charge in [-0.3, -0.25) is 10.1 Å². The lowest BCUT2D eigenvalue weighted by molar-refractivity contribution is 0.100. The highest BCUT2D eigenvalue weighted by Crippen LogP contribution is 2.49. The molecule has 0 bridgehead atoms. The molecule has 1 aliphatic rings. The van der Waals surface area contributed by atoms with Gasteiger partial charge < -0.3 is 16.2 Å². The zero-order valence-corrected chi connectivity index (χ0v) is 13.8. The highest BCUT2D eigenvalue weighted by atomic mass is 35.5. The molecule has 0 saturated carbocycles. The summed E-state index contributed by atoms with van der Waals surface area (Å²) >= 11 is 7.55. The topological polar surface area (TPSA) is 107 Å². The molecule has 0 fully saturated rings. The fourth-order valence-electron chi connectivity index (χ4n) is 2.88. The van der Waals surface area contributed by atoms with Crippen LogP contribution in [0.2, 0.25) is 5.02 Å². The van der Waals surface area contributed by atoms with E-state index in [2.05, 4.69) is 5.32 Å². The lowest BCUT2D eigenvalue weighted by Gasteiger charge is -2.20. The van der Waals surface area contributed by atoms with Crippen molar-refractivity contribution in [1.29, 1.82) is 0 Å². The van der Waals surface area contributed by atoms with Crippen molar-refractivity contribution in [3.05, 3.63) is 33.8 Å². The number of hydrogen-bond acceptors (Lipinski definition) is 4. The van der Waals surface area contributed by atoms with Crippen molar-refractivity contribution >= 4 is 39.9 Å². The number of halogens is 1. The highest BCUT2D eigenvalue weighted by molar-refractivity contribution is 7.20. The molecule has 23 heavy (non-hydrogen) atoms. The standard InChI is InChI=1S/C15H14ClN3O3S/c1-22-9-5-4-8(16)6-2-3-7-11(13(17)20)14(19-15(18)21)23-12(7)10(6)9/h4-5H,2-3H2,1H3,(H2,17,20)(H3,18,19,21). The number of primary amides is 2. The summed E-state index contributed by atoms with van der Waals surface area (Å²) in [6.45, 7) is 0. The molecule has 0 spiro atoms. The first-order valence-corrected chi connectivity index (χ1v) is 8.01. The van der Waals surface area contributed by atoms with Crippen LogP contribution in [-0.2, 0) is 12.8 Å². The Balaban J connectivity index is 2.29. The van der Waals surface area contributed by atoms with Gasteiger partial charge in [0.05, 0.1) is 12.7 Å². The van der Waals surface area contributed by atoms with Gasteiger partial charge >= 0.3 is 6.03 Å². The molecule has 1 aromatic heterocycles. The Bertz CT molecular complexity index is 832. The number of amides is 3. The number of carbonyl (C=O) groups is 2. The third-order valence-corrected chi connectivity index (χ3v) is 5.30. The van der Waals surface area contributed by atoms with E-state index < -0.39 is 11.9 Å². The lowest BCUT2D eigenvalue weighted by Crippen LogP contribution is -2.22. The first-order chi connectivity index (χ1) is 10.9. The molecule has 2 aromatic rings. The average molecular weight is 352 g/mol. The molecule has 8 heteroatoms. The molecule has 120 valence electrons. The van der Waals surface area contributed by atoms with Crippen LogP contribution in [-0.4, -0.2) is 19.0 Å². The number of carbonyl (C=O) groups excluding carboxylic acids is 2. The fourth-order valence-corrected chi connectivity index (χ4v) is 4.47. The van der Waals surface area contributed by atoms with Gasteiger partial charge in [-0.25, -0.2) is 4.79 Å². The van der Waals surface area contributed by atoms with E-state index in [9.17, 15) is 9.59 Å². The van der Waals surface area contributed by atoms with Gasteiger partial charge in [0.2, 0.25) is 0 Å². The zero-order chi connectivity index (χ0) is 16.7. The van der Waals surface area contributed by atoms with Gasteiger partial charge in [-0.05, 0) is 36.1 Å². The average Bonchev–Trinajstić information content (AvgIpc) is 2.85. The van der Waals surface area contributed by atoms with Gasteiger partial charge in [-0.2, -0.15) is 0 Å². The Morgan fingerprint density at radius 1 is 1.26 bits per heavy atom. The summed E-state index contributed by atoms with van der Waals surface area (Å²) < 4.78 is 5.43. The second-order valence-corrected chi connectivity index (χ2v) is 6.50. The first kappa shape index (κ1) is 15.6. The fraction of sp³-hybridized carbons (Fsp3) is 0.200. The largest absolute Gasteiger partial charge is 0.496 e. The molecule has 6 nitrogen and oxygen atoms in total. The van der Waals surface area contributed by atoms with Crippen LogP contribution in [0.15, 0.2) is 12.1 Å². The number of anilines is 1. The number of thiophene rings is 1. The van der Waals surface area contributed by atoms with E-state index in [0.717, 1.165) is 21.6 Å². The number of rotatable bonds is 3. The number of methoxy groups -OCH3 is 1. The van der Waals surface area contributed by atoms with Crippen molar-refractivity contribution in [2.24, 2.45) is 11.5 Å². The Morgan fingerprint density at radius 2 is 1.96 bits per heavy atom. The Kier molecular flexibility index (Phi) is 3.91. The molecule has 5 N–H and O–H groups in total. The van der Waals surface area contributed by atoms with Gasteiger partial charge in [-0.15, -0.1) is 11.3 Å². The SMILES string of the molecule is COc1ccc(Cl)c2c1-c1sc(NC(N)=O)c(C(N)=O)c1CC2. The molecule has 0 unspecified atom stereocenters.